The third-order valence-corrected chi connectivity index (χ3v) is 5.18. The van der Waals surface area contributed by atoms with Crippen molar-refractivity contribution in [3.8, 4) is 0 Å². The van der Waals surface area contributed by atoms with Gasteiger partial charge in [0.1, 0.15) is 5.01 Å². The van der Waals surface area contributed by atoms with Gasteiger partial charge in [0.15, 0.2) is 5.03 Å². The molecule has 0 fully saturated rings. The molecule has 7 nitrogen and oxygen atoms in total. The lowest BCUT2D eigenvalue weighted by Gasteiger charge is -2.12. The summed E-state index contributed by atoms with van der Waals surface area (Å²) in [6, 6.07) is -0.379. The first kappa shape index (κ1) is 15.1. The molecule has 1 atom stereocenters. The average Bonchev–Trinajstić information content (AvgIpc) is 3.07. The van der Waals surface area contributed by atoms with Crippen LogP contribution >= 0.6 is 11.3 Å². The number of aromatic amines is 1. The molecule has 0 bridgehead atoms. The number of rotatable bonds is 7. The fraction of sp³-hybridized carbons (Fsp3) is 0.455. The fourth-order valence-electron chi connectivity index (χ4n) is 1.71. The number of thiazole rings is 1. The molecule has 2 rings (SSSR count). The van der Waals surface area contributed by atoms with E-state index in [1.807, 2.05) is 12.3 Å². The normalized spacial score (nSPS) is 13.5. The number of H-pyrrole nitrogens is 1. The molecule has 0 aliphatic rings. The van der Waals surface area contributed by atoms with Gasteiger partial charge in [-0.05, 0) is 13.5 Å². The monoisotopic (exact) mass is 315 g/mol. The molecule has 20 heavy (non-hydrogen) atoms. The third-order valence-electron chi connectivity index (χ3n) is 2.67. The molecule has 0 saturated heterocycles. The molecule has 2 heterocycles. The highest BCUT2D eigenvalue weighted by molar-refractivity contribution is 7.89. The van der Waals surface area contributed by atoms with Crippen molar-refractivity contribution in [2.45, 2.75) is 31.5 Å². The van der Waals surface area contributed by atoms with Gasteiger partial charge in [-0.2, -0.15) is 5.10 Å². The molecule has 0 aliphatic carbocycles. The summed E-state index contributed by atoms with van der Waals surface area (Å²) in [6.07, 6.45) is 3.17. The Morgan fingerprint density at radius 3 is 2.95 bits per heavy atom. The van der Waals surface area contributed by atoms with Crippen LogP contribution in [-0.2, 0) is 16.6 Å². The number of nitrogens with zero attached hydrogens (tertiary/aromatic N) is 2. The number of hydrogen-bond acceptors (Lipinski definition) is 6. The molecule has 0 aliphatic heterocycles. The van der Waals surface area contributed by atoms with Gasteiger partial charge < -0.3 is 5.32 Å². The highest BCUT2D eigenvalue weighted by atomic mass is 32.2. The molecular weight excluding hydrogens is 298 g/mol. The standard InChI is InChI=1S/C11H17N5O2S2/c1-3-12-6-9-7-14-15-11(9)20(17,18)16-8(2)10-13-4-5-19-10/h4-5,7-8,12,16H,3,6H2,1-2H3,(H,14,15). The van der Waals surface area contributed by atoms with Crippen LogP contribution in [-0.4, -0.2) is 30.1 Å². The summed E-state index contributed by atoms with van der Waals surface area (Å²) in [5.74, 6) is 0. The van der Waals surface area contributed by atoms with E-state index >= 15 is 0 Å². The van der Waals surface area contributed by atoms with E-state index in [1.165, 1.54) is 17.5 Å². The summed E-state index contributed by atoms with van der Waals surface area (Å²) >= 11 is 1.41. The van der Waals surface area contributed by atoms with Crippen LogP contribution in [0.25, 0.3) is 0 Å². The highest BCUT2D eigenvalue weighted by Gasteiger charge is 2.24. The Labute approximate surface area is 121 Å². The van der Waals surface area contributed by atoms with Gasteiger partial charge in [0.2, 0.25) is 0 Å². The smallest absolute Gasteiger partial charge is 0.258 e. The maximum absolute atomic E-state index is 12.3. The number of nitrogens with one attached hydrogen (secondary N) is 3. The fourth-order valence-corrected chi connectivity index (χ4v) is 3.77. The summed E-state index contributed by atoms with van der Waals surface area (Å²) in [7, 11) is -3.64. The molecular formula is C11H17N5O2S2. The Bertz CT molecular complexity index is 636. The molecule has 0 saturated carbocycles. The van der Waals surface area contributed by atoms with Crippen molar-refractivity contribution in [2.24, 2.45) is 0 Å². The molecule has 0 aromatic carbocycles. The van der Waals surface area contributed by atoms with E-state index in [0.717, 1.165) is 11.6 Å². The first-order valence-corrected chi connectivity index (χ1v) is 8.55. The Hall–Kier alpha value is -1.29. The average molecular weight is 315 g/mol. The Morgan fingerprint density at radius 2 is 2.30 bits per heavy atom. The van der Waals surface area contributed by atoms with Gasteiger partial charge >= 0.3 is 0 Å². The second-order valence-electron chi connectivity index (χ2n) is 4.22. The van der Waals surface area contributed by atoms with Crippen molar-refractivity contribution >= 4 is 21.4 Å². The second-order valence-corrected chi connectivity index (χ2v) is 6.79. The summed E-state index contributed by atoms with van der Waals surface area (Å²) in [5, 5.41) is 12.1. The maximum Gasteiger partial charge on any atom is 0.258 e. The van der Waals surface area contributed by atoms with Crippen LogP contribution in [0.4, 0.5) is 0 Å². The van der Waals surface area contributed by atoms with E-state index in [1.54, 1.807) is 13.1 Å². The van der Waals surface area contributed by atoms with E-state index in [9.17, 15) is 8.42 Å². The van der Waals surface area contributed by atoms with Crippen LogP contribution < -0.4 is 10.0 Å². The zero-order valence-corrected chi connectivity index (χ0v) is 12.9. The van der Waals surface area contributed by atoms with E-state index in [0.29, 0.717) is 12.1 Å². The molecule has 0 amide bonds. The number of aromatic nitrogens is 3. The van der Waals surface area contributed by atoms with Gasteiger partial charge in [-0.15, -0.1) is 11.3 Å². The van der Waals surface area contributed by atoms with Crippen LogP contribution in [0.15, 0.2) is 22.8 Å². The minimum atomic E-state index is -3.64. The van der Waals surface area contributed by atoms with Crippen molar-refractivity contribution in [3.05, 3.63) is 28.3 Å². The first-order valence-electron chi connectivity index (χ1n) is 6.19. The SMILES string of the molecule is CCNCc1cn[nH]c1S(=O)(=O)NC(C)c1nccs1. The van der Waals surface area contributed by atoms with Gasteiger partial charge in [-0.25, -0.2) is 18.1 Å². The molecule has 1 unspecified atom stereocenters. The maximum atomic E-state index is 12.3. The second kappa shape index (κ2) is 6.44. The van der Waals surface area contributed by atoms with Crippen molar-refractivity contribution < 1.29 is 8.42 Å². The molecule has 3 N–H and O–H groups in total. The quantitative estimate of drug-likeness (QED) is 0.708. The van der Waals surface area contributed by atoms with Gasteiger partial charge in [-0.1, -0.05) is 6.92 Å². The summed E-state index contributed by atoms with van der Waals surface area (Å²) < 4.78 is 27.3. The molecule has 2 aromatic heterocycles. The highest BCUT2D eigenvalue weighted by Crippen LogP contribution is 2.19. The minimum Gasteiger partial charge on any atom is -0.313 e. The van der Waals surface area contributed by atoms with E-state index in [4.69, 9.17) is 0 Å². The van der Waals surface area contributed by atoms with Crippen molar-refractivity contribution in [1.82, 2.24) is 25.2 Å². The molecule has 2 aromatic rings. The van der Waals surface area contributed by atoms with E-state index in [2.05, 4.69) is 25.2 Å². The van der Waals surface area contributed by atoms with E-state index in [-0.39, 0.29) is 11.1 Å². The van der Waals surface area contributed by atoms with Crippen LogP contribution in [0.3, 0.4) is 0 Å². The Balaban J connectivity index is 2.16. The lowest BCUT2D eigenvalue weighted by molar-refractivity contribution is 0.559. The third kappa shape index (κ3) is 3.42. The lowest BCUT2D eigenvalue weighted by Crippen LogP contribution is -2.28. The molecule has 9 heteroatoms. The molecule has 0 spiro atoms. The van der Waals surface area contributed by atoms with E-state index < -0.39 is 10.0 Å². The van der Waals surface area contributed by atoms with Gasteiger partial charge in [0.05, 0.1) is 12.2 Å². The van der Waals surface area contributed by atoms with Gasteiger partial charge in [-0.3, -0.25) is 5.10 Å². The summed E-state index contributed by atoms with van der Waals surface area (Å²) in [6.45, 7) is 4.93. The first-order chi connectivity index (χ1) is 9.54. The van der Waals surface area contributed by atoms with Crippen molar-refractivity contribution in [1.29, 1.82) is 0 Å². The van der Waals surface area contributed by atoms with Crippen molar-refractivity contribution in [3.63, 3.8) is 0 Å². The Morgan fingerprint density at radius 1 is 1.50 bits per heavy atom. The zero-order valence-electron chi connectivity index (χ0n) is 11.3. The van der Waals surface area contributed by atoms with Crippen molar-refractivity contribution in [2.75, 3.05) is 6.54 Å². The lowest BCUT2D eigenvalue weighted by atomic mass is 10.3. The van der Waals surface area contributed by atoms with Crippen LogP contribution in [0.2, 0.25) is 0 Å². The largest absolute Gasteiger partial charge is 0.313 e. The topological polar surface area (TPSA) is 99.8 Å². The van der Waals surface area contributed by atoms with Crippen LogP contribution in [0.5, 0.6) is 0 Å². The zero-order chi connectivity index (χ0) is 14.6. The number of hydrogen-bond donors (Lipinski definition) is 3. The van der Waals surface area contributed by atoms with Crippen LogP contribution in [0, 0.1) is 0 Å². The van der Waals surface area contributed by atoms with Gasteiger partial charge in [0.25, 0.3) is 10.0 Å². The summed E-state index contributed by atoms with van der Waals surface area (Å²) in [4.78, 5) is 4.11. The summed E-state index contributed by atoms with van der Waals surface area (Å²) in [5.41, 5.74) is 0.616. The predicted octanol–water partition coefficient (Wildman–Crippen LogP) is 1.02. The minimum absolute atomic E-state index is 0.0989. The Kier molecular flexibility index (Phi) is 4.86. The molecule has 110 valence electrons. The van der Waals surface area contributed by atoms with Crippen LogP contribution in [0.1, 0.15) is 30.5 Å². The van der Waals surface area contributed by atoms with Gasteiger partial charge in [0, 0.05) is 23.7 Å². The predicted molar refractivity (Wildman–Crippen MR) is 76.8 cm³/mol. The molecule has 0 radical (unpaired) electrons. The number of sulfonamides is 1.